The lowest BCUT2D eigenvalue weighted by molar-refractivity contribution is 0.0926. The Bertz CT molecular complexity index is 609. The Kier molecular flexibility index (Phi) is 4.54. The summed E-state index contributed by atoms with van der Waals surface area (Å²) in [5, 5.41) is 13.8. The predicted molar refractivity (Wildman–Crippen MR) is 80.5 cm³/mol. The van der Waals surface area contributed by atoms with E-state index < -0.39 is 0 Å². The first-order chi connectivity index (χ1) is 9.61. The van der Waals surface area contributed by atoms with Crippen molar-refractivity contribution < 1.29 is 4.79 Å². The van der Waals surface area contributed by atoms with Crippen LogP contribution in [0.5, 0.6) is 0 Å². The molecule has 20 heavy (non-hydrogen) atoms. The highest BCUT2D eigenvalue weighted by atomic mass is 32.1. The summed E-state index contributed by atoms with van der Waals surface area (Å²) in [6.45, 7) is 4.17. The fraction of sp³-hybridized carbons (Fsp3) is 0.250. The van der Waals surface area contributed by atoms with Gasteiger partial charge in [-0.2, -0.15) is 5.26 Å². The number of nitriles is 1. The van der Waals surface area contributed by atoms with Crippen molar-refractivity contribution in [3.05, 3.63) is 57.8 Å². The number of nitrogens with zero attached hydrogens (tertiary/aromatic N) is 1. The first-order valence-electron chi connectivity index (χ1n) is 6.46. The Morgan fingerprint density at radius 1 is 1.25 bits per heavy atom. The van der Waals surface area contributed by atoms with Crippen LogP contribution in [0.3, 0.4) is 0 Å². The Balaban J connectivity index is 2.14. The summed E-state index contributed by atoms with van der Waals surface area (Å²) in [5.74, 6) is 0.206. The molecule has 1 amide bonds. The number of rotatable bonds is 4. The number of hydrogen-bond donors (Lipinski definition) is 1. The Morgan fingerprint density at radius 3 is 2.45 bits per heavy atom. The van der Waals surface area contributed by atoms with Crippen LogP contribution in [0.4, 0.5) is 0 Å². The molecule has 0 fully saturated rings. The number of thiophene rings is 1. The van der Waals surface area contributed by atoms with Crippen LogP contribution in [0.15, 0.2) is 41.8 Å². The molecule has 0 bridgehead atoms. The molecule has 1 aromatic carbocycles. The van der Waals surface area contributed by atoms with Crippen molar-refractivity contribution >= 4 is 17.2 Å². The topological polar surface area (TPSA) is 52.9 Å². The van der Waals surface area contributed by atoms with Gasteiger partial charge in [-0.1, -0.05) is 19.9 Å². The van der Waals surface area contributed by atoms with Gasteiger partial charge in [0.2, 0.25) is 0 Å². The largest absolute Gasteiger partial charge is 0.344 e. The van der Waals surface area contributed by atoms with Gasteiger partial charge in [-0.15, -0.1) is 11.3 Å². The molecule has 1 unspecified atom stereocenters. The van der Waals surface area contributed by atoms with E-state index in [1.165, 1.54) is 0 Å². The highest BCUT2D eigenvalue weighted by molar-refractivity contribution is 7.10. The van der Waals surface area contributed by atoms with Crippen LogP contribution in [0.25, 0.3) is 0 Å². The first kappa shape index (κ1) is 14.3. The van der Waals surface area contributed by atoms with E-state index in [1.54, 1.807) is 35.6 Å². The fourth-order valence-electron chi connectivity index (χ4n) is 1.96. The SMILES string of the molecule is CC(C)C(NC(=O)c1ccc(C#N)cc1)c1cccs1. The van der Waals surface area contributed by atoms with Crippen LogP contribution in [-0.4, -0.2) is 5.91 Å². The summed E-state index contributed by atoms with van der Waals surface area (Å²) in [6.07, 6.45) is 0. The summed E-state index contributed by atoms with van der Waals surface area (Å²) in [4.78, 5) is 13.4. The minimum absolute atomic E-state index is 0.0122. The van der Waals surface area contributed by atoms with E-state index in [9.17, 15) is 4.79 Å². The molecular formula is C16H16N2OS. The number of carbonyl (C=O) groups is 1. The molecule has 3 nitrogen and oxygen atoms in total. The first-order valence-corrected chi connectivity index (χ1v) is 7.34. The minimum atomic E-state index is -0.110. The number of benzene rings is 1. The van der Waals surface area contributed by atoms with Crippen molar-refractivity contribution in [2.75, 3.05) is 0 Å². The van der Waals surface area contributed by atoms with Crippen LogP contribution in [0.2, 0.25) is 0 Å². The molecule has 0 saturated carbocycles. The lowest BCUT2D eigenvalue weighted by atomic mass is 10.0. The standard InChI is InChI=1S/C16H16N2OS/c1-11(2)15(14-4-3-9-20-14)18-16(19)13-7-5-12(10-17)6-8-13/h3-9,11,15H,1-2H3,(H,18,19). The Labute approximate surface area is 122 Å². The maximum Gasteiger partial charge on any atom is 0.251 e. The fourth-order valence-corrected chi connectivity index (χ4v) is 2.90. The Morgan fingerprint density at radius 2 is 1.95 bits per heavy atom. The van der Waals surface area contributed by atoms with Crippen LogP contribution >= 0.6 is 11.3 Å². The average Bonchev–Trinajstić information content (AvgIpc) is 2.98. The molecule has 4 heteroatoms. The molecule has 0 saturated heterocycles. The van der Waals surface area contributed by atoms with Crippen LogP contribution in [0, 0.1) is 17.2 Å². The molecule has 0 radical (unpaired) electrons. The molecule has 1 N–H and O–H groups in total. The van der Waals surface area contributed by atoms with E-state index >= 15 is 0 Å². The predicted octanol–water partition coefficient (Wildman–Crippen LogP) is 3.75. The average molecular weight is 284 g/mol. The van der Waals surface area contributed by atoms with Crippen molar-refractivity contribution in [1.82, 2.24) is 5.32 Å². The molecule has 0 aliphatic heterocycles. The quantitative estimate of drug-likeness (QED) is 0.929. The lowest BCUT2D eigenvalue weighted by Gasteiger charge is -2.21. The molecule has 1 aromatic heterocycles. The zero-order chi connectivity index (χ0) is 14.5. The van der Waals surface area contributed by atoms with Crippen LogP contribution in [0.1, 0.15) is 40.7 Å². The summed E-state index contributed by atoms with van der Waals surface area (Å²) >= 11 is 1.64. The van der Waals surface area contributed by atoms with Gasteiger partial charge in [0.1, 0.15) is 0 Å². The zero-order valence-electron chi connectivity index (χ0n) is 11.5. The van der Waals surface area contributed by atoms with Crippen molar-refractivity contribution in [3.63, 3.8) is 0 Å². The van der Waals surface area contributed by atoms with Crippen molar-refractivity contribution in [3.8, 4) is 6.07 Å². The number of hydrogen-bond acceptors (Lipinski definition) is 3. The molecule has 1 atom stereocenters. The molecule has 0 aliphatic rings. The van der Waals surface area contributed by atoms with Crippen molar-refractivity contribution in [1.29, 1.82) is 5.26 Å². The third kappa shape index (κ3) is 3.25. The summed E-state index contributed by atoms with van der Waals surface area (Å²) < 4.78 is 0. The summed E-state index contributed by atoms with van der Waals surface area (Å²) in [5.41, 5.74) is 1.13. The number of amides is 1. The minimum Gasteiger partial charge on any atom is -0.344 e. The smallest absolute Gasteiger partial charge is 0.251 e. The van der Waals surface area contributed by atoms with Gasteiger partial charge in [0.05, 0.1) is 17.7 Å². The van der Waals surface area contributed by atoms with E-state index in [-0.39, 0.29) is 11.9 Å². The summed E-state index contributed by atoms with van der Waals surface area (Å²) in [7, 11) is 0. The zero-order valence-corrected chi connectivity index (χ0v) is 12.3. The lowest BCUT2D eigenvalue weighted by Crippen LogP contribution is -2.31. The molecule has 0 spiro atoms. The van der Waals surface area contributed by atoms with Crippen LogP contribution < -0.4 is 5.32 Å². The normalized spacial score (nSPS) is 11.9. The van der Waals surface area contributed by atoms with E-state index in [0.29, 0.717) is 17.0 Å². The van der Waals surface area contributed by atoms with Gasteiger partial charge < -0.3 is 5.32 Å². The van der Waals surface area contributed by atoms with Gasteiger partial charge in [0.15, 0.2) is 0 Å². The highest BCUT2D eigenvalue weighted by Gasteiger charge is 2.19. The third-order valence-corrected chi connectivity index (χ3v) is 4.03. The summed E-state index contributed by atoms with van der Waals surface area (Å²) in [6, 6.07) is 12.8. The molecule has 102 valence electrons. The second-order valence-corrected chi connectivity index (χ2v) is 5.88. The van der Waals surface area contributed by atoms with Gasteiger partial charge in [-0.05, 0) is 41.6 Å². The van der Waals surface area contributed by atoms with Gasteiger partial charge in [-0.25, -0.2) is 0 Å². The molecule has 2 aromatic rings. The van der Waals surface area contributed by atoms with E-state index in [2.05, 4.69) is 19.2 Å². The van der Waals surface area contributed by atoms with E-state index in [0.717, 1.165) is 4.88 Å². The maximum absolute atomic E-state index is 12.3. The second-order valence-electron chi connectivity index (χ2n) is 4.90. The molecule has 1 heterocycles. The number of nitrogens with one attached hydrogen (secondary N) is 1. The van der Waals surface area contributed by atoms with Gasteiger partial charge in [0.25, 0.3) is 5.91 Å². The highest BCUT2D eigenvalue weighted by Crippen LogP contribution is 2.26. The van der Waals surface area contributed by atoms with Gasteiger partial charge >= 0.3 is 0 Å². The van der Waals surface area contributed by atoms with Crippen molar-refractivity contribution in [2.45, 2.75) is 19.9 Å². The number of carbonyl (C=O) groups excluding carboxylic acids is 1. The monoisotopic (exact) mass is 284 g/mol. The molecule has 0 aliphatic carbocycles. The second kappa shape index (κ2) is 6.36. The van der Waals surface area contributed by atoms with Crippen LogP contribution in [-0.2, 0) is 0 Å². The Hall–Kier alpha value is -2.12. The molecular weight excluding hydrogens is 268 g/mol. The maximum atomic E-state index is 12.3. The van der Waals surface area contributed by atoms with Gasteiger partial charge in [0, 0.05) is 10.4 Å². The van der Waals surface area contributed by atoms with E-state index in [1.807, 2.05) is 23.6 Å². The molecule has 2 rings (SSSR count). The van der Waals surface area contributed by atoms with Crippen molar-refractivity contribution in [2.24, 2.45) is 5.92 Å². The van der Waals surface area contributed by atoms with Gasteiger partial charge in [-0.3, -0.25) is 4.79 Å². The van der Waals surface area contributed by atoms with E-state index in [4.69, 9.17) is 5.26 Å². The third-order valence-electron chi connectivity index (χ3n) is 3.08.